The van der Waals surface area contributed by atoms with E-state index in [0.29, 0.717) is 28.2 Å². The maximum atomic E-state index is 12.9. The maximum absolute atomic E-state index is 12.9. The fourth-order valence-electron chi connectivity index (χ4n) is 6.08. The van der Waals surface area contributed by atoms with Gasteiger partial charge in [-0.05, 0) is 73.4 Å². The standard InChI is InChI=1S/C32H34N8O2S2/c33-18-22-7-1-5-20(13-22)15-27(41)35-31-39-37-29(43-31)24-9-3-10-25(17-24)30-38-40-32(44-30)36-28(42)16-21-6-2-8-23(14-21)26-11-4-12-34-19-26/h1-2,5-8,13-14,24-26,34H,3-4,9-12,15-17,19H2,(H,35,39,41)(H,36,40,42)/t24-,25-,26?/m0/s1. The molecule has 1 saturated heterocycles. The van der Waals surface area contributed by atoms with E-state index in [4.69, 9.17) is 5.26 Å². The SMILES string of the molecule is N#Cc1cccc(CC(=O)Nc2nnc([C@H]3CCC[C@H](c4nnc(NC(=O)Cc5cccc(C6CCCNC6)c5)s4)C3)s2)c1. The lowest BCUT2D eigenvalue weighted by atomic mass is 9.82. The molecule has 226 valence electrons. The summed E-state index contributed by atoms with van der Waals surface area (Å²) in [5, 5.41) is 38.5. The van der Waals surface area contributed by atoms with Crippen LogP contribution in [0.5, 0.6) is 0 Å². The van der Waals surface area contributed by atoms with Crippen molar-refractivity contribution in [2.24, 2.45) is 0 Å². The van der Waals surface area contributed by atoms with Gasteiger partial charge < -0.3 is 16.0 Å². The average molecular weight is 627 g/mol. The zero-order valence-corrected chi connectivity index (χ0v) is 25.9. The molecule has 2 fully saturated rings. The molecule has 3 heterocycles. The van der Waals surface area contributed by atoms with Crippen molar-refractivity contribution in [1.82, 2.24) is 25.7 Å². The van der Waals surface area contributed by atoms with Gasteiger partial charge in [-0.1, -0.05) is 65.5 Å². The summed E-state index contributed by atoms with van der Waals surface area (Å²) in [6, 6.07) is 17.5. The predicted octanol–water partition coefficient (Wildman–Crippen LogP) is 5.53. The van der Waals surface area contributed by atoms with Crippen LogP contribution in [0.3, 0.4) is 0 Å². The Balaban J connectivity index is 1.01. The Labute approximate surface area is 264 Å². The Kier molecular flexibility index (Phi) is 9.65. The molecule has 6 rings (SSSR count). The first-order valence-electron chi connectivity index (χ1n) is 15.1. The highest BCUT2D eigenvalue weighted by atomic mass is 32.1. The smallest absolute Gasteiger partial charge is 0.230 e. The number of nitriles is 1. The van der Waals surface area contributed by atoms with Gasteiger partial charge in [0.2, 0.25) is 22.1 Å². The second-order valence-corrected chi connectivity index (χ2v) is 13.5. The summed E-state index contributed by atoms with van der Waals surface area (Å²) in [7, 11) is 0. The van der Waals surface area contributed by atoms with E-state index in [9.17, 15) is 9.59 Å². The molecule has 2 amide bonds. The molecule has 1 aliphatic heterocycles. The number of amides is 2. The lowest BCUT2D eigenvalue weighted by molar-refractivity contribution is -0.116. The van der Waals surface area contributed by atoms with E-state index in [1.54, 1.807) is 18.2 Å². The number of benzene rings is 2. The number of nitrogens with one attached hydrogen (secondary N) is 3. The number of carbonyl (C=O) groups is 2. The molecule has 0 spiro atoms. The van der Waals surface area contributed by atoms with Gasteiger partial charge in [-0.2, -0.15) is 5.26 Å². The molecule has 1 aliphatic carbocycles. The molecule has 4 aromatic rings. The van der Waals surface area contributed by atoms with E-state index in [1.807, 2.05) is 18.2 Å². The normalized spacial score (nSPS) is 20.0. The minimum absolute atomic E-state index is 0.0886. The first kappa shape index (κ1) is 30.0. The van der Waals surface area contributed by atoms with Crippen molar-refractivity contribution in [1.29, 1.82) is 5.26 Å². The van der Waals surface area contributed by atoms with Crippen LogP contribution in [0.1, 0.15) is 88.5 Å². The van der Waals surface area contributed by atoms with Gasteiger partial charge in [0.25, 0.3) is 0 Å². The highest BCUT2D eigenvalue weighted by Gasteiger charge is 2.29. The van der Waals surface area contributed by atoms with Crippen LogP contribution in [0.25, 0.3) is 0 Å². The summed E-state index contributed by atoms with van der Waals surface area (Å²) < 4.78 is 0. The Morgan fingerprint density at radius 3 is 2.05 bits per heavy atom. The number of hydrogen-bond acceptors (Lipinski definition) is 10. The molecule has 2 aliphatic rings. The molecule has 0 bridgehead atoms. The second-order valence-electron chi connectivity index (χ2n) is 11.5. The van der Waals surface area contributed by atoms with E-state index in [1.165, 1.54) is 41.1 Å². The van der Waals surface area contributed by atoms with E-state index in [0.717, 1.165) is 59.9 Å². The molecule has 10 nitrogen and oxygen atoms in total. The van der Waals surface area contributed by atoms with E-state index >= 15 is 0 Å². The highest BCUT2D eigenvalue weighted by molar-refractivity contribution is 7.15. The number of nitrogens with zero attached hydrogens (tertiary/aromatic N) is 5. The van der Waals surface area contributed by atoms with Crippen molar-refractivity contribution < 1.29 is 9.59 Å². The summed E-state index contributed by atoms with van der Waals surface area (Å²) in [6.45, 7) is 2.07. The Morgan fingerprint density at radius 2 is 1.43 bits per heavy atom. The molecule has 2 aromatic heterocycles. The van der Waals surface area contributed by atoms with Crippen LogP contribution in [0.4, 0.5) is 10.3 Å². The van der Waals surface area contributed by atoms with Crippen LogP contribution in [-0.4, -0.2) is 45.3 Å². The van der Waals surface area contributed by atoms with Crippen molar-refractivity contribution in [3.8, 4) is 6.07 Å². The minimum atomic E-state index is -0.193. The minimum Gasteiger partial charge on any atom is -0.316 e. The average Bonchev–Trinajstić information content (AvgIpc) is 3.72. The summed E-state index contributed by atoms with van der Waals surface area (Å²) in [5.74, 6) is 0.669. The van der Waals surface area contributed by atoms with Crippen molar-refractivity contribution in [2.75, 3.05) is 23.7 Å². The largest absolute Gasteiger partial charge is 0.316 e. The monoisotopic (exact) mass is 626 g/mol. The Hall–Kier alpha value is -4.05. The second kappa shape index (κ2) is 14.2. The molecular formula is C32H34N8O2S2. The van der Waals surface area contributed by atoms with Gasteiger partial charge in [0.05, 0.1) is 24.5 Å². The van der Waals surface area contributed by atoms with Gasteiger partial charge in [0, 0.05) is 18.4 Å². The van der Waals surface area contributed by atoms with Gasteiger partial charge in [-0.25, -0.2) is 0 Å². The molecule has 44 heavy (non-hydrogen) atoms. The molecule has 12 heteroatoms. The van der Waals surface area contributed by atoms with Crippen LogP contribution in [0, 0.1) is 11.3 Å². The molecule has 1 unspecified atom stereocenters. The van der Waals surface area contributed by atoms with Crippen molar-refractivity contribution >= 4 is 44.8 Å². The summed E-state index contributed by atoms with van der Waals surface area (Å²) in [6.07, 6.45) is 6.72. The number of rotatable bonds is 9. The van der Waals surface area contributed by atoms with Gasteiger partial charge in [-0.3, -0.25) is 9.59 Å². The summed E-state index contributed by atoms with van der Waals surface area (Å²) >= 11 is 2.85. The summed E-state index contributed by atoms with van der Waals surface area (Å²) in [5.41, 5.74) is 3.60. The van der Waals surface area contributed by atoms with Crippen LogP contribution in [0.15, 0.2) is 48.5 Å². The maximum Gasteiger partial charge on any atom is 0.230 e. The van der Waals surface area contributed by atoms with Gasteiger partial charge in [0.1, 0.15) is 10.0 Å². The van der Waals surface area contributed by atoms with Crippen molar-refractivity contribution in [3.63, 3.8) is 0 Å². The topological polar surface area (TPSA) is 146 Å². The molecule has 2 aromatic carbocycles. The quantitative estimate of drug-likeness (QED) is 0.220. The fourth-order valence-corrected chi connectivity index (χ4v) is 7.89. The highest BCUT2D eigenvalue weighted by Crippen LogP contribution is 2.43. The van der Waals surface area contributed by atoms with Crippen molar-refractivity contribution in [2.45, 2.75) is 69.1 Å². The number of carbonyl (C=O) groups excluding carboxylic acids is 2. The van der Waals surface area contributed by atoms with E-state index < -0.39 is 0 Å². The number of anilines is 2. The van der Waals surface area contributed by atoms with Gasteiger partial charge >= 0.3 is 0 Å². The molecular weight excluding hydrogens is 593 g/mol. The zero-order chi connectivity index (χ0) is 30.3. The van der Waals surface area contributed by atoms with Crippen LogP contribution >= 0.6 is 22.7 Å². The number of hydrogen-bond donors (Lipinski definition) is 3. The molecule has 0 radical (unpaired) electrons. The molecule has 3 atom stereocenters. The third-order valence-corrected chi connectivity index (χ3v) is 10.3. The van der Waals surface area contributed by atoms with Gasteiger partial charge in [-0.15, -0.1) is 20.4 Å². The number of piperidine rings is 1. The lowest BCUT2D eigenvalue weighted by Gasteiger charge is -2.25. The first-order valence-corrected chi connectivity index (χ1v) is 16.7. The fraction of sp³-hybridized carbons (Fsp3) is 0.406. The third-order valence-electron chi connectivity index (χ3n) is 8.25. The zero-order valence-electron chi connectivity index (χ0n) is 24.3. The van der Waals surface area contributed by atoms with Crippen LogP contribution in [0.2, 0.25) is 0 Å². The van der Waals surface area contributed by atoms with Crippen LogP contribution < -0.4 is 16.0 Å². The molecule has 1 saturated carbocycles. The predicted molar refractivity (Wildman–Crippen MR) is 171 cm³/mol. The van der Waals surface area contributed by atoms with E-state index in [-0.39, 0.29) is 30.1 Å². The van der Waals surface area contributed by atoms with Crippen LogP contribution in [-0.2, 0) is 22.4 Å². The lowest BCUT2D eigenvalue weighted by Crippen LogP contribution is -2.28. The summed E-state index contributed by atoms with van der Waals surface area (Å²) in [4.78, 5) is 25.4. The van der Waals surface area contributed by atoms with Crippen molar-refractivity contribution in [3.05, 3.63) is 80.8 Å². The third kappa shape index (κ3) is 7.72. The first-order chi connectivity index (χ1) is 21.5. The molecule has 3 N–H and O–H groups in total. The van der Waals surface area contributed by atoms with E-state index in [2.05, 4.69) is 54.5 Å². The Morgan fingerprint density at radius 1 is 0.818 bits per heavy atom. The number of aromatic nitrogens is 4. The Bertz CT molecular complexity index is 1660. The van der Waals surface area contributed by atoms with Gasteiger partial charge in [0.15, 0.2) is 0 Å².